The van der Waals surface area contributed by atoms with Gasteiger partial charge in [0, 0.05) is 21.5 Å². The second kappa shape index (κ2) is 15.2. The third-order valence-electron chi connectivity index (χ3n) is 8.33. The van der Waals surface area contributed by atoms with Gasteiger partial charge in [0.05, 0.1) is 41.6 Å². The fourth-order valence-electron chi connectivity index (χ4n) is 5.99. The van der Waals surface area contributed by atoms with E-state index in [9.17, 15) is 23.2 Å². The minimum atomic E-state index is -4.19. The quantitative estimate of drug-likeness (QED) is 0.133. The number of nitrogens with zero attached hydrogens (tertiary/aromatic N) is 2. The van der Waals surface area contributed by atoms with Crippen LogP contribution in [0.25, 0.3) is 0 Å². The van der Waals surface area contributed by atoms with E-state index in [1.165, 1.54) is 24.3 Å². The standard InChI is InChI=1S/C35H46F3IN3O6P/c1-33(2,3)47-49(45,48-34(4,5)6)46-18-22(21-12-24(36)17-25(39)13-21)15-30(44)26-10-8-20(14-27(26)37)31-32(40)41-19-35(7,42-31)23-9-11-29(43)28(38)16-23/h8,10,12-14,17,22-23,28-29,43H,9,11,15-16,18-19H2,1-7H3,(H2,40,41)/t22-,23-,28-,29-,35?/m1/s1. The number of carbonyl (C=O) groups excluding carboxylic acids is 1. The number of carbonyl (C=O) groups is 1. The predicted molar refractivity (Wildman–Crippen MR) is 192 cm³/mol. The van der Waals surface area contributed by atoms with Crippen molar-refractivity contribution in [2.45, 2.75) is 109 Å². The molecule has 1 aliphatic heterocycles. The van der Waals surface area contributed by atoms with Gasteiger partial charge in [0.15, 0.2) is 5.78 Å². The maximum atomic E-state index is 15.7. The summed E-state index contributed by atoms with van der Waals surface area (Å²) in [7, 11) is -4.19. The molecule has 5 atom stereocenters. The number of rotatable bonds is 11. The van der Waals surface area contributed by atoms with Crippen LogP contribution >= 0.6 is 30.4 Å². The van der Waals surface area contributed by atoms with Crippen molar-refractivity contribution in [2.24, 2.45) is 21.6 Å². The van der Waals surface area contributed by atoms with Gasteiger partial charge in [-0.2, -0.15) is 0 Å². The summed E-state index contributed by atoms with van der Waals surface area (Å²) >= 11 is 1.95. The van der Waals surface area contributed by atoms with E-state index in [2.05, 4.69) is 4.99 Å². The van der Waals surface area contributed by atoms with Crippen molar-refractivity contribution in [3.8, 4) is 0 Å². The number of phosphoric ester groups is 1. The van der Waals surface area contributed by atoms with Crippen LogP contribution in [0.15, 0.2) is 46.4 Å². The molecule has 1 saturated carbocycles. The van der Waals surface area contributed by atoms with Crippen LogP contribution in [0.5, 0.6) is 0 Å². The van der Waals surface area contributed by atoms with Crippen LogP contribution in [0, 0.1) is 21.1 Å². The summed E-state index contributed by atoms with van der Waals surface area (Å²) in [5, 5.41) is 9.87. The number of hydrogen-bond donors (Lipinski definition) is 2. The molecule has 0 aromatic heterocycles. The second-order valence-electron chi connectivity index (χ2n) is 15.0. The number of phosphoric acid groups is 1. The van der Waals surface area contributed by atoms with Crippen LogP contribution in [0.2, 0.25) is 0 Å². The van der Waals surface area contributed by atoms with Gasteiger partial charge in [0.2, 0.25) is 0 Å². The maximum absolute atomic E-state index is 15.7. The number of halogens is 4. The van der Waals surface area contributed by atoms with Crippen molar-refractivity contribution in [2.75, 3.05) is 13.2 Å². The van der Waals surface area contributed by atoms with Crippen LogP contribution in [-0.2, 0) is 18.1 Å². The minimum Gasteiger partial charge on any atom is -0.390 e. The van der Waals surface area contributed by atoms with Crippen LogP contribution in [-0.4, -0.2) is 64.6 Å². The summed E-state index contributed by atoms with van der Waals surface area (Å²) in [5.41, 5.74) is 4.26. The van der Waals surface area contributed by atoms with E-state index < -0.39 is 60.2 Å². The third-order valence-corrected chi connectivity index (χ3v) is 11.0. The molecule has 2 aliphatic rings. The van der Waals surface area contributed by atoms with Gasteiger partial charge < -0.3 is 10.8 Å². The molecule has 1 aliphatic carbocycles. The van der Waals surface area contributed by atoms with Crippen molar-refractivity contribution in [3.63, 3.8) is 0 Å². The van der Waals surface area contributed by atoms with Crippen molar-refractivity contribution in [1.82, 2.24) is 0 Å². The van der Waals surface area contributed by atoms with Gasteiger partial charge in [0.1, 0.15) is 29.4 Å². The number of aliphatic imine (C=N–C) groups is 2. The van der Waals surface area contributed by atoms with Gasteiger partial charge in [-0.1, -0.05) is 6.07 Å². The van der Waals surface area contributed by atoms with Crippen LogP contribution in [0.4, 0.5) is 13.2 Å². The summed E-state index contributed by atoms with van der Waals surface area (Å²) in [6, 6.07) is 8.24. The molecule has 0 spiro atoms. The molecular formula is C35H46F3IN3O6P. The predicted octanol–water partition coefficient (Wildman–Crippen LogP) is 8.10. The van der Waals surface area contributed by atoms with Crippen molar-refractivity contribution >= 4 is 47.7 Å². The largest absolute Gasteiger partial charge is 0.475 e. The van der Waals surface area contributed by atoms with E-state index in [1.54, 1.807) is 47.6 Å². The zero-order valence-corrected chi connectivity index (χ0v) is 32.0. The highest BCUT2D eigenvalue weighted by atomic mass is 127. The zero-order valence-electron chi connectivity index (χ0n) is 28.9. The van der Waals surface area contributed by atoms with Crippen LogP contribution in [0.3, 0.4) is 0 Å². The highest BCUT2D eigenvalue weighted by molar-refractivity contribution is 14.1. The first-order chi connectivity index (χ1) is 22.6. The first-order valence-electron chi connectivity index (χ1n) is 16.2. The number of benzene rings is 2. The van der Waals surface area contributed by atoms with E-state index in [4.69, 9.17) is 24.3 Å². The molecular weight excluding hydrogens is 773 g/mol. The van der Waals surface area contributed by atoms with Crippen molar-refractivity contribution in [1.29, 1.82) is 0 Å². The Morgan fingerprint density at radius 2 is 1.76 bits per heavy atom. The Morgan fingerprint density at radius 3 is 2.33 bits per heavy atom. The highest BCUT2D eigenvalue weighted by Crippen LogP contribution is 2.56. The van der Waals surface area contributed by atoms with E-state index in [1.807, 2.05) is 29.5 Å². The van der Waals surface area contributed by atoms with Crippen LogP contribution in [0.1, 0.15) is 102 Å². The molecule has 0 radical (unpaired) electrons. The summed E-state index contributed by atoms with van der Waals surface area (Å²) < 4.78 is 76.2. The molecule has 49 heavy (non-hydrogen) atoms. The van der Waals surface area contributed by atoms with Crippen molar-refractivity contribution in [3.05, 3.63) is 68.3 Å². The SMILES string of the molecule is CC(C)(C)OP(=O)(OC[C@@H](CC(=O)c1ccc(C2=NC(C)([C@@H]3CC[C@@H](O)[C@H](F)C3)CN=C2N)cc1F)c1cc(F)cc(I)c1)OC(C)(C)C. The Morgan fingerprint density at radius 1 is 1.10 bits per heavy atom. The Hall–Kier alpha value is -2.16. The number of ketones is 1. The second-order valence-corrected chi connectivity index (χ2v) is 17.7. The first kappa shape index (κ1) is 39.6. The summed E-state index contributed by atoms with van der Waals surface area (Å²) in [5.74, 6) is -2.93. The molecule has 2 aromatic carbocycles. The van der Waals surface area contributed by atoms with Gasteiger partial charge in [-0.25, -0.2) is 17.7 Å². The number of aliphatic hydroxyl groups is 1. The fourth-order valence-corrected chi connectivity index (χ4v) is 8.50. The van der Waals surface area contributed by atoms with E-state index in [0.29, 0.717) is 27.5 Å². The molecule has 1 unspecified atom stereocenters. The first-order valence-corrected chi connectivity index (χ1v) is 18.8. The molecule has 9 nitrogen and oxygen atoms in total. The smallest absolute Gasteiger partial charge is 0.390 e. The van der Waals surface area contributed by atoms with E-state index in [-0.39, 0.29) is 49.0 Å². The Balaban J connectivity index is 1.61. The Bertz CT molecular complexity index is 1620. The molecule has 0 saturated heterocycles. The molecule has 14 heteroatoms. The number of nitrogens with two attached hydrogens (primary N) is 1. The Kier molecular flexibility index (Phi) is 12.3. The van der Waals surface area contributed by atoms with Crippen molar-refractivity contribution < 1.29 is 41.2 Å². The molecule has 3 N–H and O–H groups in total. The molecule has 1 heterocycles. The maximum Gasteiger partial charge on any atom is 0.475 e. The van der Waals surface area contributed by atoms with Gasteiger partial charge in [-0.15, -0.1) is 0 Å². The van der Waals surface area contributed by atoms with Crippen LogP contribution < -0.4 is 5.73 Å². The summed E-state index contributed by atoms with van der Waals surface area (Å²) in [6.45, 7) is 11.9. The molecule has 4 rings (SSSR count). The third kappa shape index (κ3) is 10.7. The molecule has 270 valence electrons. The topological polar surface area (TPSA) is 133 Å². The minimum absolute atomic E-state index is 0.0981. The normalized spacial score (nSPS) is 24.3. The lowest BCUT2D eigenvalue weighted by Crippen LogP contribution is -2.47. The fraction of sp³-hybridized carbons (Fsp3) is 0.571. The lowest BCUT2D eigenvalue weighted by molar-refractivity contribution is 0.00136. The zero-order chi connectivity index (χ0) is 36.5. The number of hydrogen-bond acceptors (Lipinski definition) is 9. The lowest BCUT2D eigenvalue weighted by atomic mass is 9.74. The summed E-state index contributed by atoms with van der Waals surface area (Å²) in [6.07, 6.45) is -1.70. The van der Waals surface area contributed by atoms with Gasteiger partial charge in [-0.05, 0) is 132 Å². The monoisotopic (exact) mass is 819 g/mol. The number of aliphatic hydroxyl groups excluding tert-OH is 1. The highest BCUT2D eigenvalue weighted by Gasteiger charge is 2.43. The van der Waals surface area contributed by atoms with E-state index in [0.717, 1.165) is 6.07 Å². The van der Waals surface area contributed by atoms with Gasteiger partial charge in [0.25, 0.3) is 0 Å². The average molecular weight is 820 g/mol. The number of alkyl halides is 1. The molecule has 1 fully saturated rings. The van der Waals surface area contributed by atoms with Gasteiger partial charge >= 0.3 is 7.82 Å². The lowest BCUT2D eigenvalue weighted by Gasteiger charge is -2.40. The van der Waals surface area contributed by atoms with E-state index >= 15 is 4.39 Å². The molecule has 0 amide bonds. The Labute approximate surface area is 300 Å². The molecule has 2 aromatic rings. The average Bonchev–Trinajstić information content (AvgIpc) is 2.95. The molecule has 0 bridgehead atoms. The number of Topliss-reactive ketones (excluding diaryl/α,β-unsaturated/α-hetero) is 1. The van der Waals surface area contributed by atoms with Gasteiger partial charge in [-0.3, -0.25) is 28.4 Å². The summed E-state index contributed by atoms with van der Waals surface area (Å²) in [4.78, 5) is 22.9. The number of amidine groups is 1.